The second-order valence-corrected chi connectivity index (χ2v) is 9.22. The van der Waals surface area contributed by atoms with E-state index < -0.39 is 0 Å². The molecular formula is C25H32N6O2. The summed E-state index contributed by atoms with van der Waals surface area (Å²) < 4.78 is 7.78. The number of ether oxygens (including phenoxy) is 1. The first-order valence-electron chi connectivity index (χ1n) is 11.9. The second-order valence-electron chi connectivity index (χ2n) is 9.22. The summed E-state index contributed by atoms with van der Waals surface area (Å²) in [5, 5.41) is 0. The van der Waals surface area contributed by atoms with Gasteiger partial charge in [0.15, 0.2) is 17.0 Å². The van der Waals surface area contributed by atoms with Crippen molar-refractivity contribution in [3.8, 4) is 5.75 Å². The summed E-state index contributed by atoms with van der Waals surface area (Å²) in [6.45, 7) is 4.49. The zero-order chi connectivity index (χ0) is 22.9. The molecule has 1 aromatic carbocycles. The van der Waals surface area contributed by atoms with Gasteiger partial charge in [-0.05, 0) is 50.3 Å². The Kier molecular flexibility index (Phi) is 5.91. The second kappa shape index (κ2) is 9.00. The number of hydrogen-bond acceptors (Lipinski definition) is 6. The first kappa shape index (κ1) is 21.7. The van der Waals surface area contributed by atoms with Gasteiger partial charge in [0.1, 0.15) is 17.9 Å². The number of amides is 1. The third-order valence-electron chi connectivity index (χ3n) is 6.97. The Bertz CT molecular complexity index is 1170. The van der Waals surface area contributed by atoms with Crippen molar-refractivity contribution in [1.82, 2.24) is 19.5 Å². The molecule has 1 amide bonds. The van der Waals surface area contributed by atoms with Crippen LogP contribution in [0.5, 0.6) is 5.75 Å². The number of fused-ring (bicyclic) bond motifs is 3. The van der Waals surface area contributed by atoms with Crippen molar-refractivity contribution < 1.29 is 9.53 Å². The summed E-state index contributed by atoms with van der Waals surface area (Å²) in [4.78, 5) is 31.6. The van der Waals surface area contributed by atoms with Crippen LogP contribution in [0, 0.1) is 12.8 Å². The lowest BCUT2D eigenvalue weighted by Gasteiger charge is -2.35. The fourth-order valence-corrected chi connectivity index (χ4v) is 5.18. The van der Waals surface area contributed by atoms with Crippen LogP contribution in [0.25, 0.3) is 11.2 Å². The molecule has 0 spiro atoms. The fourth-order valence-electron chi connectivity index (χ4n) is 5.18. The summed E-state index contributed by atoms with van der Waals surface area (Å²) in [6, 6.07) is 5.92. The molecule has 1 atom stereocenters. The first-order chi connectivity index (χ1) is 16.1. The van der Waals surface area contributed by atoms with Crippen LogP contribution in [-0.2, 0) is 17.8 Å². The predicted octanol–water partition coefficient (Wildman–Crippen LogP) is 3.75. The maximum absolute atomic E-state index is 13.5. The molecule has 0 bridgehead atoms. The molecule has 8 heteroatoms. The first-order valence-corrected chi connectivity index (χ1v) is 11.9. The summed E-state index contributed by atoms with van der Waals surface area (Å²) in [5.41, 5.74) is 3.70. The van der Waals surface area contributed by atoms with Crippen molar-refractivity contribution in [3.05, 3.63) is 35.9 Å². The SMILES string of the molecule is COc1ccc(C)cc1N(C)C(=O)[C@@H]1CCCN(c2ncnc3c2nc2n3CCCCC2)C1. The highest BCUT2D eigenvalue weighted by molar-refractivity contribution is 5.96. The Morgan fingerprint density at radius 3 is 2.88 bits per heavy atom. The Hall–Kier alpha value is -3.16. The van der Waals surface area contributed by atoms with Crippen LogP contribution in [0.2, 0.25) is 0 Å². The molecule has 0 N–H and O–H groups in total. The maximum Gasteiger partial charge on any atom is 0.231 e. The van der Waals surface area contributed by atoms with Gasteiger partial charge in [0.2, 0.25) is 5.91 Å². The van der Waals surface area contributed by atoms with Gasteiger partial charge in [-0.3, -0.25) is 4.79 Å². The third-order valence-corrected chi connectivity index (χ3v) is 6.97. The smallest absolute Gasteiger partial charge is 0.231 e. The molecule has 2 aromatic heterocycles. The number of hydrogen-bond donors (Lipinski definition) is 0. The average molecular weight is 449 g/mol. The number of aryl methyl sites for hydroxylation is 3. The molecule has 0 aliphatic carbocycles. The van der Waals surface area contributed by atoms with E-state index in [1.54, 1.807) is 18.3 Å². The highest BCUT2D eigenvalue weighted by Gasteiger charge is 2.31. The summed E-state index contributed by atoms with van der Waals surface area (Å²) >= 11 is 0. The Morgan fingerprint density at radius 1 is 1.15 bits per heavy atom. The van der Waals surface area contributed by atoms with Crippen LogP contribution in [0.1, 0.15) is 43.5 Å². The fraction of sp³-hybridized carbons (Fsp3) is 0.520. The van der Waals surface area contributed by atoms with Crippen LogP contribution in [0.15, 0.2) is 24.5 Å². The Morgan fingerprint density at radius 2 is 2.03 bits per heavy atom. The molecule has 3 aromatic rings. The zero-order valence-corrected chi connectivity index (χ0v) is 19.8. The van der Waals surface area contributed by atoms with E-state index in [-0.39, 0.29) is 11.8 Å². The number of piperidine rings is 1. The summed E-state index contributed by atoms with van der Waals surface area (Å²) in [6.07, 6.45) is 7.99. The van der Waals surface area contributed by atoms with Gasteiger partial charge < -0.3 is 19.1 Å². The van der Waals surface area contributed by atoms with E-state index in [1.165, 1.54) is 12.8 Å². The number of methoxy groups -OCH3 is 1. The molecular weight excluding hydrogens is 416 g/mol. The number of rotatable bonds is 4. The molecule has 8 nitrogen and oxygen atoms in total. The number of aromatic nitrogens is 4. The van der Waals surface area contributed by atoms with Crippen LogP contribution in [-0.4, -0.2) is 52.7 Å². The highest BCUT2D eigenvalue weighted by atomic mass is 16.5. The van der Waals surface area contributed by atoms with Gasteiger partial charge in [-0.2, -0.15) is 0 Å². The van der Waals surface area contributed by atoms with E-state index in [2.05, 4.69) is 19.4 Å². The van der Waals surface area contributed by atoms with E-state index >= 15 is 0 Å². The van der Waals surface area contributed by atoms with Crippen molar-refractivity contribution in [2.75, 3.05) is 37.0 Å². The molecule has 5 rings (SSSR count). The van der Waals surface area contributed by atoms with Crippen LogP contribution in [0.3, 0.4) is 0 Å². The van der Waals surface area contributed by atoms with Gasteiger partial charge in [0.05, 0.1) is 18.7 Å². The van der Waals surface area contributed by atoms with E-state index in [0.717, 1.165) is 72.8 Å². The molecule has 0 saturated carbocycles. The number of nitrogens with zero attached hydrogens (tertiary/aromatic N) is 6. The molecule has 174 valence electrons. The van der Waals surface area contributed by atoms with Crippen molar-refractivity contribution in [2.24, 2.45) is 5.92 Å². The highest BCUT2D eigenvalue weighted by Crippen LogP contribution is 2.33. The quantitative estimate of drug-likeness (QED) is 0.605. The molecule has 2 aliphatic rings. The maximum atomic E-state index is 13.5. The molecule has 0 radical (unpaired) electrons. The number of carbonyl (C=O) groups excluding carboxylic acids is 1. The van der Waals surface area contributed by atoms with Crippen molar-refractivity contribution in [1.29, 1.82) is 0 Å². The monoisotopic (exact) mass is 448 g/mol. The number of anilines is 2. The van der Waals surface area contributed by atoms with E-state index in [9.17, 15) is 4.79 Å². The van der Waals surface area contributed by atoms with E-state index in [1.807, 2.05) is 32.2 Å². The van der Waals surface area contributed by atoms with Gasteiger partial charge in [0.25, 0.3) is 0 Å². The van der Waals surface area contributed by atoms with Crippen molar-refractivity contribution >= 4 is 28.6 Å². The van der Waals surface area contributed by atoms with Crippen molar-refractivity contribution in [2.45, 2.75) is 52.0 Å². The lowest BCUT2D eigenvalue weighted by Crippen LogP contribution is -2.44. The lowest BCUT2D eigenvalue weighted by atomic mass is 9.96. The van der Waals surface area contributed by atoms with Crippen molar-refractivity contribution in [3.63, 3.8) is 0 Å². The predicted molar refractivity (Wildman–Crippen MR) is 129 cm³/mol. The number of imidazole rings is 1. The molecule has 2 aliphatic heterocycles. The third kappa shape index (κ3) is 4.03. The zero-order valence-electron chi connectivity index (χ0n) is 19.8. The molecule has 4 heterocycles. The molecule has 1 fully saturated rings. The minimum Gasteiger partial charge on any atom is -0.495 e. The summed E-state index contributed by atoms with van der Waals surface area (Å²) in [5.74, 6) is 2.67. The Labute approximate surface area is 194 Å². The van der Waals surface area contributed by atoms with Gasteiger partial charge in [-0.25, -0.2) is 15.0 Å². The topological polar surface area (TPSA) is 76.4 Å². The molecule has 1 saturated heterocycles. The molecule has 0 unspecified atom stereocenters. The number of carbonyl (C=O) groups is 1. The Balaban J connectivity index is 1.41. The van der Waals surface area contributed by atoms with E-state index in [4.69, 9.17) is 9.72 Å². The minimum atomic E-state index is -0.112. The largest absolute Gasteiger partial charge is 0.495 e. The van der Waals surface area contributed by atoms with Gasteiger partial charge in [-0.15, -0.1) is 0 Å². The van der Waals surface area contributed by atoms with Gasteiger partial charge in [0, 0.05) is 33.1 Å². The van der Waals surface area contributed by atoms with Gasteiger partial charge >= 0.3 is 0 Å². The van der Waals surface area contributed by atoms with Crippen LogP contribution >= 0.6 is 0 Å². The summed E-state index contributed by atoms with van der Waals surface area (Å²) in [7, 11) is 3.48. The normalized spacial score (nSPS) is 18.6. The van der Waals surface area contributed by atoms with Gasteiger partial charge in [-0.1, -0.05) is 12.5 Å². The minimum absolute atomic E-state index is 0.106. The van der Waals surface area contributed by atoms with Crippen LogP contribution in [0.4, 0.5) is 11.5 Å². The number of benzene rings is 1. The van der Waals surface area contributed by atoms with E-state index in [0.29, 0.717) is 12.3 Å². The lowest BCUT2D eigenvalue weighted by molar-refractivity contribution is -0.122. The average Bonchev–Trinajstić information content (AvgIpc) is 3.03. The molecule has 33 heavy (non-hydrogen) atoms. The standard InChI is InChI=1S/C25H32N6O2/c1-17-10-11-20(33-3)19(14-17)29(2)25(32)18-8-7-12-30(15-18)23-22-24(27-16-26-23)31-13-6-4-5-9-21(31)28-22/h10-11,14,16,18H,4-9,12-13,15H2,1-3H3/t18-/m1/s1. The van der Waals surface area contributed by atoms with Crippen LogP contribution < -0.4 is 14.5 Å².